The molecule has 1 saturated carbocycles. The normalized spacial score (nSPS) is 16.7. The number of imidazole rings is 1. The predicted octanol–water partition coefficient (Wildman–Crippen LogP) is 7.16. The van der Waals surface area contributed by atoms with E-state index in [1.807, 2.05) is 52.7 Å². The number of hydrogen-bond donors (Lipinski definition) is 1. The third kappa shape index (κ3) is 6.93. The average Bonchev–Trinajstić information content (AvgIpc) is 3.78. The Labute approximate surface area is 298 Å². The first kappa shape index (κ1) is 33.9. The van der Waals surface area contributed by atoms with Crippen molar-refractivity contribution in [3.8, 4) is 21.7 Å². The molecule has 0 radical (unpaired) electrons. The Kier molecular flexibility index (Phi) is 9.93. The van der Waals surface area contributed by atoms with Crippen molar-refractivity contribution in [2.45, 2.75) is 72.0 Å². The van der Waals surface area contributed by atoms with Gasteiger partial charge in [-0.1, -0.05) is 68.1 Å². The maximum atomic E-state index is 13.7. The van der Waals surface area contributed by atoms with Crippen molar-refractivity contribution in [2.24, 2.45) is 13.0 Å². The van der Waals surface area contributed by atoms with Crippen LogP contribution in [0.2, 0.25) is 5.02 Å². The minimum absolute atomic E-state index is 0.134. The Balaban J connectivity index is 1.06. The second kappa shape index (κ2) is 14.3. The van der Waals surface area contributed by atoms with Crippen LogP contribution in [0.4, 0.5) is 5.69 Å². The molecule has 4 heterocycles. The maximum absolute atomic E-state index is 13.7. The van der Waals surface area contributed by atoms with E-state index in [1.54, 1.807) is 11.3 Å². The van der Waals surface area contributed by atoms with Crippen molar-refractivity contribution in [1.29, 1.82) is 0 Å². The molecule has 2 amide bonds. The molecule has 258 valence electrons. The van der Waals surface area contributed by atoms with E-state index in [1.165, 1.54) is 32.1 Å². The maximum Gasteiger partial charge on any atom is 0.291 e. The molecule has 0 atom stereocenters. The molecule has 0 bridgehead atoms. The number of amides is 2. The van der Waals surface area contributed by atoms with Crippen LogP contribution in [0.1, 0.15) is 77.2 Å². The summed E-state index contributed by atoms with van der Waals surface area (Å²) >= 11 is 8.70. The number of thiazole rings is 1. The van der Waals surface area contributed by atoms with Crippen molar-refractivity contribution in [2.75, 3.05) is 38.5 Å². The quantitative estimate of drug-likeness (QED) is 0.200. The first-order valence-corrected chi connectivity index (χ1v) is 18.8. The van der Waals surface area contributed by atoms with Crippen LogP contribution >= 0.6 is 22.9 Å². The Bertz CT molecular complexity index is 1850. The number of nitrogens with zero attached hydrogens (tertiary/aromatic N) is 6. The number of aromatic nitrogens is 3. The third-order valence-corrected chi connectivity index (χ3v) is 12.2. The second-order valence-electron chi connectivity index (χ2n) is 13.9. The van der Waals surface area contributed by atoms with E-state index in [4.69, 9.17) is 21.6 Å². The van der Waals surface area contributed by atoms with Gasteiger partial charge in [-0.25, -0.2) is 9.97 Å². The van der Waals surface area contributed by atoms with Crippen LogP contribution in [0.3, 0.4) is 0 Å². The van der Waals surface area contributed by atoms with Gasteiger partial charge in [-0.2, -0.15) is 0 Å². The van der Waals surface area contributed by atoms with Gasteiger partial charge in [0, 0.05) is 54.8 Å². The summed E-state index contributed by atoms with van der Waals surface area (Å²) in [6.07, 6.45) is 7.62. The molecule has 7 rings (SSSR count). The highest BCUT2D eigenvalue weighted by atomic mass is 35.5. The summed E-state index contributed by atoms with van der Waals surface area (Å²) < 4.78 is 1.96. The average molecular weight is 700 g/mol. The monoisotopic (exact) mass is 699 g/mol. The lowest BCUT2D eigenvalue weighted by Crippen LogP contribution is -2.35. The fourth-order valence-electron chi connectivity index (χ4n) is 7.62. The fraction of sp³-hybridized carbons (Fsp3) is 0.474. The molecule has 3 aliphatic rings. The smallest absolute Gasteiger partial charge is 0.291 e. The number of carbonyl (C=O) groups excluding carboxylic acids is 2. The van der Waals surface area contributed by atoms with E-state index in [2.05, 4.69) is 36.2 Å². The lowest BCUT2D eigenvalue weighted by molar-refractivity contribution is -0.132. The number of nitrogens with one attached hydrogen (secondary N) is 1. The Morgan fingerprint density at radius 3 is 2.53 bits per heavy atom. The van der Waals surface area contributed by atoms with Crippen LogP contribution in [-0.2, 0) is 37.9 Å². The minimum atomic E-state index is -0.258. The summed E-state index contributed by atoms with van der Waals surface area (Å²) in [6, 6.07) is 11.9. The van der Waals surface area contributed by atoms with Crippen LogP contribution in [-0.4, -0.2) is 74.3 Å². The van der Waals surface area contributed by atoms with Crippen molar-refractivity contribution in [3.63, 3.8) is 0 Å². The summed E-state index contributed by atoms with van der Waals surface area (Å²) in [5, 5.41) is 4.50. The zero-order valence-electron chi connectivity index (χ0n) is 29.0. The number of hydrogen-bond acceptors (Lipinski definition) is 7. The summed E-state index contributed by atoms with van der Waals surface area (Å²) in [5.74, 6) is 1.07. The number of rotatable bonds is 9. The first-order valence-electron chi connectivity index (χ1n) is 17.6. The molecule has 4 aromatic rings. The molecule has 2 aromatic heterocycles. The van der Waals surface area contributed by atoms with E-state index in [-0.39, 0.29) is 11.8 Å². The van der Waals surface area contributed by atoms with Crippen molar-refractivity contribution >= 4 is 40.4 Å². The largest absolute Gasteiger partial charge is 0.330 e. The van der Waals surface area contributed by atoms with E-state index >= 15 is 0 Å². The van der Waals surface area contributed by atoms with Gasteiger partial charge in [0.1, 0.15) is 5.01 Å². The standard InChI is InChI=1S/C38H46ClN7O2S/c1-5-43(3)23-34(47)46-21-31-33(22-46)49-38(42-31)27-14-9-13-26(24(27)2)28-15-10-16-29(35(28)39)41-37(48)36-40-30-20-45(18-17-32(30)44(36)4)19-25-11-7-6-8-12-25/h9-10,13-16,25H,5-8,11-12,17-23H2,1-4H3,(H,41,48). The van der Waals surface area contributed by atoms with Gasteiger partial charge in [0.2, 0.25) is 5.91 Å². The Morgan fingerprint density at radius 1 is 1.00 bits per heavy atom. The number of halogens is 1. The van der Waals surface area contributed by atoms with Gasteiger partial charge in [-0.15, -0.1) is 11.3 Å². The molecule has 2 aromatic carbocycles. The predicted molar refractivity (Wildman–Crippen MR) is 197 cm³/mol. The van der Waals surface area contributed by atoms with Gasteiger partial charge in [0.05, 0.1) is 41.7 Å². The number of benzene rings is 2. The van der Waals surface area contributed by atoms with Crippen molar-refractivity contribution < 1.29 is 9.59 Å². The van der Waals surface area contributed by atoms with Crippen molar-refractivity contribution in [3.05, 3.63) is 74.8 Å². The molecular formula is C38H46ClN7O2S. The second-order valence-corrected chi connectivity index (χ2v) is 15.4. The molecule has 0 saturated heterocycles. The summed E-state index contributed by atoms with van der Waals surface area (Å²) in [5.41, 5.74) is 7.63. The lowest BCUT2D eigenvalue weighted by Gasteiger charge is -2.32. The van der Waals surface area contributed by atoms with Gasteiger partial charge < -0.3 is 14.8 Å². The van der Waals surface area contributed by atoms with Gasteiger partial charge in [0.15, 0.2) is 5.82 Å². The van der Waals surface area contributed by atoms with Crippen LogP contribution in [0.15, 0.2) is 36.4 Å². The van der Waals surface area contributed by atoms with E-state index < -0.39 is 0 Å². The van der Waals surface area contributed by atoms with Gasteiger partial charge >= 0.3 is 0 Å². The highest BCUT2D eigenvalue weighted by molar-refractivity contribution is 7.15. The van der Waals surface area contributed by atoms with Crippen LogP contribution < -0.4 is 5.32 Å². The van der Waals surface area contributed by atoms with E-state index in [0.717, 1.165) is 87.7 Å². The molecule has 1 N–H and O–H groups in total. The molecule has 1 aliphatic carbocycles. The van der Waals surface area contributed by atoms with Crippen molar-refractivity contribution in [1.82, 2.24) is 29.2 Å². The Morgan fingerprint density at radius 2 is 1.76 bits per heavy atom. The minimum Gasteiger partial charge on any atom is -0.330 e. The molecule has 2 aliphatic heterocycles. The van der Waals surface area contributed by atoms with E-state index in [9.17, 15) is 9.59 Å². The zero-order valence-corrected chi connectivity index (χ0v) is 30.6. The topological polar surface area (TPSA) is 86.6 Å². The molecule has 49 heavy (non-hydrogen) atoms. The van der Waals surface area contributed by atoms with Gasteiger partial charge in [-0.05, 0) is 56.5 Å². The third-order valence-electron chi connectivity index (χ3n) is 10.6. The molecule has 0 spiro atoms. The van der Waals surface area contributed by atoms with E-state index in [0.29, 0.717) is 36.2 Å². The van der Waals surface area contributed by atoms with Crippen LogP contribution in [0, 0.1) is 12.8 Å². The highest BCUT2D eigenvalue weighted by Gasteiger charge is 2.30. The molecule has 1 fully saturated rings. The van der Waals surface area contributed by atoms with Gasteiger partial charge in [-0.3, -0.25) is 19.4 Å². The number of likely N-dealkylation sites (N-methyl/N-ethyl adjacent to an activating group) is 1. The summed E-state index contributed by atoms with van der Waals surface area (Å²) in [7, 11) is 3.91. The Hall–Kier alpha value is -3.57. The SMILES string of the molecule is CCN(C)CC(=O)N1Cc2nc(-c3cccc(-c4cccc(NC(=O)c5nc6c(n5C)CCN(CC5CCCCC5)C6)c4Cl)c3C)sc2C1. The lowest BCUT2D eigenvalue weighted by atomic mass is 9.88. The molecule has 11 heteroatoms. The number of anilines is 1. The van der Waals surface area contributed by atoms with Crippen LogP contribution in [0.25, 0.3) is 21.7 Å². The summed E-state index contributed by atoms with van der Waals surface area (Å²) in [4.78, 5) is 43.8. The zero-order chi connectivity index (χ0) is 34.2. The summed E-state index contributed by atoms with van der Waals surface area (Å²) in [6.45, 7) is 9.48. The first-order chi connectivity index (χ1) is 23.7. The van der Waals surface area contributed by atoms with Gasteiger partial charge in [0.25, 0.3) is 5.91 Å². The van der Waals surface area contributed by atoms with Crippen LogP contribution in [0.5, 0.6) is 0 Å². The fourth-order valence-corrected chi connectivity index (χ4v) is 9.07. The molecular weight excluding hydrogens is 654 g/mol. The molecule has 9 nitrogen and oxygen atoms in total. The number of fused-ring (bicyclic) bond motifs is 2. The molecule has 0 unspecified atom stereocenters. The number of carbonyl (C=O) groups is 2. The highest BCUT2D eigenvalue weighted by Crippen LogP contribution is 2.41.